The highest BCUT2D eigenvalue weighted by Gasteiger charge is 2.30. The molecule has 0 amide bonds. The van der Waals surface area contributed by atoms with Crippen LogP contribution in [0.25, 0.3) is 5.69 Å². The molecule has 1 aliphatic heterocycles. The maximum absolute atomic E-state index is 13.7. The summed E-state index contributed by atoms with van der Waals surface area (Å²) in [6.45, 7) is 3.42. The Morgan fingerprint density at radius 2 is 1.88 bits per heavy atom. The molecule has 0 bridgehead atoms. The summed E-state index contributed by atoms with van der Waals surface area (Å²) in [5.41, 5.74) is 0.441. The maximum atomic E-state index is 13.7. The zero-order valence-corrected chi connectivity index (χ0v) is 19.1. The molecule has 1 aromatic heterocycles. The van der Waals surface area contributed by atoms with Gasteiger partial charge in [-0.25, -0.2) is 12.8 Å². The van der Waals surface area contributed by atoms with Gasteiger partial charge in [0.15, 0.2) is 0 Å². The van der Waals surface area contributed by atoms with Crippen LogP contribution < -0.4 is 15.2 Å². The van der Waals surface area contributed by atoms with Crippen LogP contribution in [0.5, 0.6) is 5.75 Å². The Labute approximate surface area is 187 Å². The average molecular weight is 465 g/mol. The number of hydrogen-bond donors (Lipinski definition) is 0. The third-order valence-electron chi connectivity index (χ3n) is 5.99. The SMILES string of the molecule is CCCS(=O)(=O)N1CCN(c2cnn(-c3cccc(F)c3)c(=O)c2OC2CCCC2)CC1. The fourth-order valence-electron chi connectivity index (χ4n) is 4.32. The van der Waals surface area contributed by atoms with Gasteiger partial charge < -0.3 is 9.64 Å². The van der Waals surface area contributed by atoms with Crippen LogP contribution in [-0.4, -0.2) is 60.5 Å². The van der Waals surface area contributed by atoms with Crippen molar-refractivity contribution in [2.75, 3.05) is 36.8 Å². The average Bonchev–Trinajstić information content (AvgIpc) is 3.28. The molecule has 1 saturated carbocycles. The first-order chi connectivity index (χ1) is 15.4. The molecule has 1 aromatic carbocycles. The fourth-order valence-corrected chi connectivity index (χ4v) is 5.82. The van der Waals surface area contributed by atoms with Gasteiger partial charge in [-0.15, -0.1) is 0 Å². The van der Waals surface area contributed by atoms with Gasteiger partial charge >= 0.3 is 5.56 Å². The molecule has 8 nitrogen and oxygen atoms in total. The number of hydrogen-bond acceptors (Lipinski definition) is 6. The number of benzene rings is 1. The highest BCUT2D eigenvalue weighted by atomic mass is 32.2. The van der Waals surface area contributed by atoms with Crippen LogP contribution in [-0.2, 0) is 10.0 Å². The van der Waals surface area contributed by atoms with E-state index in [9.17, 15) is 17.6 Å². The molecule has 2 fully saturated rings. The Balaban J connectivity index is 1.64. The summed E-state index contributed by atoms with van der Waals surface area (Å²) in [7, 11) is -3.26. The summed E-state index contributed by atoms with van der Waals surface area (Å²) < 4.78 is 47.4. The first-order valence-electron chi connectivity index (χ1n) is 11.2. The van der Waals surface area contributed by atoms with Crippen molar-refractivity contribution in [3.8, 4) is 11.4 Å². The van der Waals surface area contributed by atoms with E-state index >= 15 is 0 Å². The maximum Gasteiger partial charge on any atom is 0.316 e. The van der Waals surface area contributed by atoms with Gasteiger partial charge in [0.25, 0.3) is 0 Å². The Kier molecular flexibility index (Phi) is 6.80. The first kappa shape index (κ1) is 22.7. The van der Waals surface area contributed by atoms with E-state index in [-0.39, 0.29) is 17.6 Å². The minimum atomic E-state index is -3.26. The van der Waals surface area contributed by atoms with Crippen molar-refractivity contribution >= 4 is 15.7 Å². The van der Waals surface area contributed by atoms with Crippen LogP contribution in [0.4, 0.5) is 10.1 Å². The van der Waals surface area contributed by atoms with E-state index in [2.05, 4.69) is 5.10 Å². The standard InChI is InChI=1S/C22H29FN4O4S/c1-2-14-32(29,30)26-12-10-25(11-13-26)20-16-24-27(18-7-5-6-17(23)15-18)22(28)21(20)31-19-8-3-4-9-19/h5-7,15-16,19H,2-4,8-14H2,1H3. The van der Waals surface area contributed by atoms with Gasteiger partial charge in [-0.05, 0) is 50.3 Å². The number of piperazine rings is 1. The molecule has 0 atom stereocenters. The van der Waals surface area contributed by atoms with Gasteiger partial charge in [0.1, 0.15) is 11.5 Å². The molecular weight excluding hydrogens is 435 g/mol. The summed E-state index contributed by atoms with van der Waals surface area (Å²) in [4.78, 5) is 15.3. The van der Waals surface area contributed by atoms with Crippen LogP contribution >= 0.6 is 0 Å². The summed E-state index contributed by atoms with van der Waals surface area (Å²) in [6.07, 6.45) is 5.95. The van der Waals surface area contributed by atoms with Crippen LogP contribution in [0, 0.1) is 5.82 Å². The van der Waals surface area contributed by atoms with Crippen LogP contribution in [0.15, 0.2) is 35.3 Å². The predicted molar refractivity (Wildman–Crippen MR) is 121 cm³/mol. The highest BCUT2D eigenvalue weighted by molar-refractivity contribution is 7.89. The van der Waals surface area contributed by atoms with Crippen LogP contribution in [0.2, 0.25) is 0 Å². The minimum Gasteiger partial charge on any atom is -0.483 e. The number of halogens is 1. The van der Waals surface area contributed by atoms with E-state index in [0.717, 1.165) is 30.4 Å². The molecule has 1 aliphatic carbocycles. The molecule has 2 heterocycles. The van der Waals surface area contributed by atoms with Gasteiger partial charge in [0.05, 0.1) is 23.7 Å². The zero-order valence-electron chi connectivity index (χ0n) is 18.2. The summed E-state index contributed by atoms with van der Waals surface area (Å²) in [5.74, 6) is -0.127. The lowest BCUT2D eigenvalue weighted by Gasteiger charge is -2.36. The summed E-state index contributed by atoms with van der Waals surface area (Å²) >= 11 is 0. The van der Waals surface area contributed by atoms with E-state index < -0.39 is 21.4 Å². The number of anilines is 1. The lowest BCUT2D eigenvalue weighted by atomic mass is 10.2. The molecule has 32 heavy (non-hydrogen) atoms. The van der Waals surface area contributed by atoms with Gasteiger partial charge in [-0.3, -0.25) is 4.79 Å². The van der Waals surface area contributed by atoms with Crippen LogP contribution in [0.1, 0.15) is 39.0 Å². The van der Waals surface area contributed by atoms with E-state index in [0.29, 0.717) is 44.0 Å². The quantitative estimate of drug-likeness (QED) is 0.626. The molecule has 2 aliphatic rings. The molecule has 0 radical (unpaired) electrons. The van der Waals surface area contributed by atoms with E-state index in [1.807, 2.05) is 11.8 Å². The molecule has 2 aromatic rings. The number of sulfonamides is 1. The molecule has 0 spiro atoms. The molecule has 4 rings (SSSR count). The van der Waals surface area contributed by atoms with E-state index in [1.165, 1.54) is 22.5 Å². The number of rotatable bonds is 7. The summed E-state index contributed by atoms with van der Waals surface area (Å²) in [5, 5.41) is 4.28. The fraction of sp³-hybridized carbons (Fsp3) is 0.545. The monoisotopic (exact) mass is 464 g/mol. The second kappa shape index (κ2) is 9.58. The second-order valence-electron chi connectivity index (χ2n) is 8.28. The van der Waals surface area contributed by atoms with E-state index in [1.54, 1.807) is 12.3 Å². The smallest absolute Gasteiger partial charge is 0.316 e. The van der Waals surface area contributed by atoms with Gasteiger partial charge in [0.2, 0.25) is 15.8 Å². The molecule has 10 heteroatoms. The molecular formula is C22H29FN4O4S. The molecule has 1 saturated heterocycles. The van der Waals surface area contributed by atoms with Crippen molar-refractivity contribution in [2.24, 2.45) is 0 Å². The van der Waals surface area contributed by atoms with Gasteiger partial charge in [0, 0.05) is 26.2 Å². The van der Waals surface area contributed by atoms with Crippen molar-refractivity contribution < 1.29 is 17.5 Å². The largest absolute Gasteiger partial charge is 0.483 e. The third kappa shape index (κ3) is 4.80. The first-order valence-corrected chi connectivity index (χ1v) is 12.8. The zero-order chi connectivity index (χ0) is 22.7. The lowest BCUT2D eigenvalue weighted by molar-refractivity contribution is 0.205. The van der Waals surface area contributed by atoms with E-state index in [4.69, 9.17) is 4.74 Å². The van der Waals surface area contributed by atoms with Gasteiger partial charge in [-0.1, -0.05) is 13.0 Å². The van der Waals surface area contributed by atoms with Gasteiger partial charge in [-0.2, -0.15) is 14.1 Å². The Bertz CT molecular complexity index is 1110. The summed E-state index contributed by atoms with van der Waals surface area (Å²) in [6, 6.07) is 5.71. The molecule has 0 N–H and O–H groups in total. The number of ether oxygens (including phenoxy) is 1. The molecule has 0 unspecified atom stereocenters. The normalized spacial score (nSPS) is 18.2. The lowest BCUT2D eigenvalue weighted by Crippen LogP contribution is -2.49. The van der Waals surface area contributed by atoms with Crippen molar-refractivity contribution in [3.05, 3.63) is 46.6 Å². The number of aromatic nitrogens is 2. The Hall–Kier alpha value is -2.46. The van der Waals surface area contributed by atoms with Crippen molar-refractivity contribution in [1.82, 2.24) is 14.1 Å². The van der Waals surface area contributed by atoms with Crippen molar-refractivity contribution in [2.45, 2.75) is 45.1 Å². The van der Waals surface area contributed by atoms with Crippen molar-refractivity contribution in [3.63, 3.8) is 0 Å². The minimum absolute atomic E-state index is 0.0453. The highest BCUT2D eigenvalue weighted by Crippen LogP contribution is 2.30. The predicted octanol–water partition coefficient (Wildman–Crippen LogP) is 2.55. The topological polar surface area (TPSA) is 84.7 Å². The Morgan fingerprint density at radius 3 is 2.53 bits per heavy atom. The van der Waals surface area contributed by atoms with Crippen molar-refractivity contribution in [1.29, 1.82) is 0 Å². The Morgan fingerprint density at radius 1 is 1.16 bits per heavy atom. The van der Waals surface area contributed by atoms with Crippen LogP contribution in [0.3, 0.4) is 0 Å². The number of nitrogens with zero attached hydrogens (tertiary/aromatic N) is 4. The third-order valence-corrected chi connectivity index (χ3v) is 8.07. The molecule has 174 valence electrons. The second-order valence-corrected chi connectivity index (χ2v) is 10.4.